The largest absolute Gasteiger partial charge is 0.480 e. The molecule has 3 amide bonds. The molecule has 0 saturated carbocycles. The molecule has 112 valence electrons. The van der Waals surface area contributed by atoms with Gasteiger partial charge in [0.25, 0.3) is 0 Å². The van der Waals surface area contributed by atoms with Gasteiger partial charge in [-0.15, -0.1) is 0 Å². The number of hydrogen-bond donors (Lipinski definition) is 3. The van der Waals surface area contributed by atoms with Crippen LogP contribution in [0.2, 0.25) is 0 Å². The zero-order valence-electron chi connectivity index (χ0n) is 11.6. The first-order chi connectivity index (χ1) is 9.27. The van der Waals surface area contributed by atoms with Crippen LogP contribution < -0.4 is 11.1 Å². The lowest BCUT2D eigenvalue weighted by Gasteiger charge is -2.25. The molecule has 0 aliphatic carbocycles. The third-order valence-electron chi connectivity index (χ3n) is 2.37. The minimum Gasteiger partial charge on any atom is -0.480 e. The van der Waals surface area contributed by atoms with Crippen molar-refractivity contribution < 1.29 is 19.5 Å². The van der Waals surface area contributed by atoms with E-state index in [-0.39, 0.29) is 18.9 Å². The quantitative estimate of drug-likeness (QED) is 0.571. The first-order valence-corrected chi connectivity index (χ1v) is 6.21. The summed E-state index contributed by atoms with van der Waals surface area (Å²) in [6, 6.07) is -0.0642. The number of amides is 3. The van der Waals surface area contributed by atoms with E-state index in [1.165, 1.54) is 4.90 Å². The number of hydrogen-bond acceptors (Lipinski definition) is 4. The van der Waals surface area contributed by atoms with E-state index in [2.05, 4.69) is 5.32 Å². The van der Waals surface area contributed by atoms with E-state index in [0.717, 1.165) is 0 Å². The van der Waals surface area contributed by atoms with Gasteiger partial charge in [-0.2, -0.15) is 5.26 Å². The van der Waals surface area contributed by atoms with Crippen LogP contribution in [0, 0.1) is 17.2 Å². The molecule has 8 heteroatoms. The minimum absolute atomic E-state index is 0.147. The maximum atomic E-state index is 12.0. The molecule has 0 bridgehead atoms. The van der Waals surface area contributed by atoms with Gasteiger partial charge in [0.05, 0.1) is 18.9 Å². The highest BCUT2D eigenvalue weighted by atomic mass is 16.4. The molecular weight excluding hydrogens is 264 g/mol. The van der Waals surface area contributed by atoms with Crippen LogP contribution in [0.3, 0.4) is 0 Å². The van der Waals surface area contributed by atoms with Crippen molar-refractivity contribution in [3.8, 4) is 6.07 Å². The minimum atomic E-state index is -1.36. The standard InChI is InChI=1S/C12H20N4O4/c1-8(2)7-16(5-3-4-13)12(20)15-9(11(18)19)6-10(14)17/h8-9H,3,5-7H2,1-2H3,(H2,14,17)(H,15,20)(H,18,19). The summed E-state index contributed by atoms with van der Waals surface area (Å²) in [5, 5.41) is 19.7. The first-order valence-electron chi connectivity index (χ1n) is 6.21. The molecule has 1 atom stereocenters. The van der Waals surface area contributed by atoms with Crippen LogP contribution in [0.5, 0.6) is 0 Å². The molecule has 1 unspecified atom stereocenters. The Morgan fingerprint density at radius 3 is 2.40 bits per heavy atom. The first kappa shape index (κ1) is 17.7. The lowest BCUT2D eigenvalue weighted by Crippen LogP contribution is -2.50. The number of nitrogens with two attached hydrogens (primary N) is 1. The molecule has 0 aromatic rings. The summed E-state index contributed by atoms with van der Waals surface area (Å²) in [5.74, 6) is -1.98. The van der Waals surface area contributed by atoms with Gasteiger partial charge in [0, 0.05) is 13.1 Å². The van der Waals surface area contributed by atoms with Crippen molar-refractivity contribution in [3.63, 3.8) is 0 Å². The van der Waals surface area contributed by atoms with E-state index in [1.807, 2.05) is 19.9 Å². The Kier molecular flexibility index (Phi) is 7.74. The Balaban J connectivity index is 4.73. The molecule has 0 rings (SSSR count). The van der Waals surface area contributed by atoms with Gasteiger partial charge in [-0.3, -0.25) is 4.79 Å². The Morgan fingerprint density at radius 2 is 2.00 bits per heavy atom. The summed E-state index contributed by atoms with van der Waals surface area (Å²) in [5.41, 5.74) is 4.93. The molecule has 0 aliphatic rings. The Morgan fingerprint density at radius 1 is 1.40 bits per heavy atom. The Bertz CT molecular complexity index is 403. The molecule has 0 aromatic heterocycles. The third kappa shape index (κ3) is 7.20. The van der Waals surface area contributed by atoms with Crippen molar-refractivity contribution in [3.05, 3.63) is 0 Å². The predicted molar refractivity (Wildman–Crippen MR) is 70.4 cm³/mol. The highest BCUT2D eigenvalue weighted by Crippen LogP contribution is 2.02. The fourth-order valence-corrected chi connectivity index (χ4v) is 1.54. The van der Waals surface area contributed by atoms with Crippen LogP contribution in [0.1, 0.15) is 26.7 Å². The van der Waals surface area contributed by atoms with Crippen LogP contribution in [0.15, 0.2) is 0 Å². The van der Waals surface area contributed by atoms with Crippen molar-refractivity contribution in [1.29, 1.82) is 5.26 Å². The van der Waals surface area contributed by atoms with Crippen molar-refractivity contribution in [2.75, 3.05) is 13.1 Å². The zero-order valence-corrected chi connectivity index (χ0v) is 11.6. The highest BCUT2D eigenvalue weighted by Gasteiger charge is 2.25. The van der Waals surface area contributed by atoms with Crippen LogP contribution in [-0.4, -0.2) is 47.0 Å². The SMILES string of the molecule is CC(C)CN(CCC#N)C(=O)NC(CC(N)=O)C(=O)O. The average molecular weight is 284 g/mol. The second-order valence-corrected chi connectivity index (χ2v) is 4.76. The molecule has 0 radical (unpaired) electrons. The number of carboxylic acid groups (broad SMARTS) is 1. The number of primary amides is 1. The van der Waals surface area contributed by atoms with E-state index < -0.39 is 30.4 Å². The molecular formula is C12H20N4O4. The van der Waals surface area contributed by atoms with Crippen LogP contribution >= 0.6 is 0 Å². The molecule has 0 aliphatic heterocycles. The number of nitrogens with one attached hydrogen (secondary N) is 1. The van der Waals surface area contributed by atoms with Crippen molar-refractivity contribution >= 4 is 17.9 Å². The molecule has 4 N–H and O–H groups in total. The van der Waals surface area contributed by atoms with Gasteiger partial charge in [0.15, 0.2) is 0 Å². The molecule has 0 heterocycles. The molecule has 0 fully saturated rings. The second-order valence-electron chi connectivity index (χ2n) is 4.76. The van der Waals surface area contributed by atoms with Gasteiger partial charge in [0.1, 0.15) is 6.04 Å². The smallest absolute Gasteiger partial charge is 0.326 e. The summed E-state index contributed by atoms with van der Waals surface area (Å²) in [6.07, 6.45) is -0.331. The molecule has 0 saturated heterocycles. The van der Waals surface area contributed by atoms with E-state index in [1.54, 1.807) is 0 Å². The van der Waals surface area contributed by atoms with Gasteiger partial charge < -0.3 is 21.1 Å². The van der Waals surface area contributed by atoms with Crippen LogP contribution in [-0.2, 0) is 9.59 Å². The zero-order chi connectivity index (χ0) is 15.7. The molecule has 0 aromatic carbocycles. The van der Waals surface area contributed by atoms with Crippen LogP contribution in [0.25, 0.3) is 0 Å². The fourth-order valence-electron chi connectivity index (χ4n) is 1.54. The second kappa shape index (κ2) is 8.74. The molecule has 20 heavy (non-hydrogen) atoms. The molecule has 0 spiro atoms. The summed E-state index contributed by atoms with van der Waals surface area (Å²) in [7, 11) is 0. The average Bonchev–Trinajstić information content (AvgIpc) is 2.32. The van der Waals surface area contributed by atoms with Crippen molar-refractivity contribution in [1.82, 2.24) is 10.2 Å². The Hall–Kier alpha value is -2.30. The van der Waals surface area contributed by atoms with Gasteiger partial charge >= 0.3 is 12.0 Å². The number of carbonyl (C=O) groups excluding carboxylic acids is 2. The number of nitriles is 1. The maximum absolute atomic E-state index is 12.0. The van der Waals surface area contributed by atoms with Gasteiger partial charge in [-0.25, -0.2) is 9.59 Å². The normalized spacial score (nSPS) is 11.5. The number of rotatable bonds is 8. The predicted octanol–water partition coefficient (Wildman–Crippen LogP) is -0.104. The number of carboxylic acids is 1. The highest BCUT2D eigenvalue weighted by molar-refractivity contribution is 5.87. The third-order valence-corrected chi connectivity index (χ3v) is 2.37. The number of carbonyl (C=O) groups is 3. The van der Waals surface area contributed by atoms with E-state index in [4.69, 9.17) is 16.1 Å². The Labute approximate surface area is 117 Å². The summed E-state index contributed by atoms with van der Waals surface area (Å²) in [4.78, 5) is 35.0. The van der Waals surface area contributed by atoms with E-state index >= 15 is 0 Å². The van der Waals surface area contributed by atoms with Gasteiger partial charge in [-0.1, -0.05) is 13.8 Å². The van der Waals surface area contributed by atoms with Gasteiger partial charge in [0.2, 0.25) is 5.91 Å². The van der Waals surface area contributed by atoms with E-state index in [9.17, 15) is 14.4 Å². The number of aliphatic carboxylic acids is 1. The van der Waals surface area contributed by atoms with Crippen molar-refractivity contribution in [2.24, 2.45) is 11.7 Å². The lowest BCUT2D eigenvalue weighted by molar-refractivity contribution is -0.140. The topological polar surface area (TPSA) is 137 Å². The maximum Gasteiger partial charge on any atom is 0.326 e. The number of urea groups is 1. The molecule has 8 nitrogen and oxygen atoms in total. The number of nitrogens with zero attached hydrogens (tertiary/aromatic N) is 2. The van der Waals surface area contributed by atoms with Crippen molar-refractivity contribution in [2.45, 2.75) is 32.7 Å². The van der Waals surface area contributed by atoms with Crippen LogP contribution in [0.4, 0.5) is 4.79 Å². The summed E-state index contributed by atoms with van der Waals surface area (Å²) >= 11 is 0. The lowest BCUT2D eigenvalue weighted by atomic mass is 10.2. The fraction of sp³-hybridized carbons (Fsp3) is 0.667. The monoisotopic (exact) mass is 284 g/mol. The summed E-state index contributed by atoms with van der Waals surface area (Å²) in [6.45, 7) is 4.37. The van der Waals surface area contributed by atoms with Gasteiger partial charge in [-0.05, 0) is 5.92 Å². The summed E-state index contributed by atoms with van der Waals surface area (Å²) < 4.78 is 0. The van der Waals surface area contributed by atoms with E-state index in [0.29, 0.717) is 6.54 Å².